The first-order chi connectivity index (χ1) is 12.1. The highest BCUT2D eigenvalue weighted by molar-refractivity contribution is 5.83. The number of aromatic nitrogens is 2. The molecule has 2 aromatic rings. The van der Waals surface area contributed by atoms with Crippen molar-refractivity contribution in [2.45, 2.75) is 57.3 Å². The summed E-state index contributed by atoms with van der Waals surface area (Å²) in [7, 11) is 0. The molecule has 0 radical (unpaired) electrons. The molecule has 132 valence electrons. The molecule has 4 rings (SSSR count). The van der Waals surface area contributed by atoms with Gasteiger partial charge in [-0.2, -0.15) is 0 Å². The number of rotatable bonds is 5. The summed E-state index contributed by atoms with van der Waals surface area (Å²) in [5, 5.41) is 6.56. The van der Waals surface area contributed by atoms with Gasteiger partial charge in [-0.25, -0.2) is 9.37 Å². The van der Waals surface area contributed by atoms with E-state index in [9.17, 15) is 9.18 Å². The van der Waals surface area contributed by atoms with Crippen molar-refractivity contribution in [3.8, 4) is 0 Å². The Hall–Kier alpha value is -2.21. The molecule has 0 bridgehead atoms. The van der Waals surface area contributed by atoms with Gasteiger partial charge in [0, 0.05) is 31.2 Å². The number of imidazole rings is 1. The Bertz CT molecular complexity index is 766. The quantitative estimate of drug-likeness (QED) is 0.876. The van der Waals surface area contributed by atoms with Gasteiger partial charge in [0.05, 0.1) is 5.69 Å². The van der Waals surface area contributed by atoms with Crippen LogP contribution in [0.15, 0.2) is 30.5 Å². The van der Waals surface area contributed by atoms with Gasteiger partial charge in [0.2, 0.25) is 5.91 Å². The van der Waals surface area contributed by atoms with Gasteiger partial charge in [-0.3, -0.25) is 10.1 Å². The largest absolute Gasteiger partial charge is 0.352 e. The zero-order valence-corrected chi connectivity index (χ0v) is 14.3. The van der Waals surface area contributed by atoms with Crippen LogP contribution in [0.4, 0.5) is 4.39 Å². The Balaban J connectivity index is 1.51. The molecule has 0 spiro atoms. The number of nitrogens with zero attached hydrogens (tertiary/aromatic N) is 2. The van der Waals surface area contributed by atoms with Crippen molar-refractivity contribution in [2.24, 2.45) is 0 Å². The van der Waals surface area contributed by atoms with E-state index < -0.39 is 6.04 Å². The van der Waals surface area contributed by atoms with Gasteiger partial charge < -0.3 is 9.88 Å². The lowest BCUT2D eigenvalue weighted by Crippen LogP contribution is -2.46. The molecule has 1 aromatic heterocycles. The number of amides is 1. The molecular formula is C19H23FN4O. The van der Waals surface area contributed by atoms with E-state index in [0.29, 0.717) is 6.04 Å². The number of nitrogens with one attached hydrogen (secondary N) is 2. The molecule has 1 aromatic carbocycles. The topological polar surface area (TPSA) is 59.0 Å². The van der Waals surface area contributed by atoms with Crippen molar-refractivity contribution in [3.05, 3.63) is 53.4 Å². The maximum absolute atomic E-state index is 13.3. The number of benzene rings is 1. The van der Waals surface area contributed by atoms with E-state index in [-0.39, 0.29) is 17.8 Å². The SMILES string of the molecule is Cc1cn2c(n1)CC[C@H](N[C@@H](C(=O)NC1CC1)c1ccc(F)cc1)C2. The van der Waals surface area contributed by atoms with E-state index in [1.54, 1.807) is 12.1 Å². The fraction of sp³-hybridized carbons (Fsp3) is 0.474. The number of carbonyl (C=O) groups excluding carboxylic acids is 1. The fourth-order valence-corrected chi connectivity index (χ4v) is 3.45. The second-order valence-corrected chi connectivity index (χ2v) is 7.12. The summed E-state index contributed by atoms with van der Waals surface area (Å²) in [5.74, 6) is 0.791. The Labute approximate surface area is 146 Å². The first-order valence-corrected chi connectivity index (χ1v) is 8.93. The molecule has 1 aliphatic carbocycles. The minimum absolute atomic E-state index is 0.0262. The Morgan fingerprint density at radius 1 is 1.24 bits per heavy atom. The lowest BCUT2D eigenvalue weighted by molar-refractivity contribution is -0.123. The molecular weight excluding hydrogens is 319 g/mol. The third-order valence-electron chi connectivity index (χ3n) is 4.90. The average Bonchev–Trinajstić information content (AvgIpc) is 3.32. The lowest BCUT2D eigenvalue weighted by atomic mass is 10.0. The van der Waals surface area contributed by atoms with E-state index in [4.69, 9.17) is 0 Å². The molecule has 6 heteroatoms. The highest BCUT2D eigenvalue weighted by Crippen LogP contribution is 2.23. The smallest absolute Gasteiger partial charge is 0.241 e. The summed E-state index contributed by atoms with van der Waals surface area (Å²) in [5.41, 5.74) is 1.82. The molecule has 0 unspecified atom stereocenters. The van der Waals surface area contributed by atoms with Gasteiger partial charge in [0.15, 0.2) is 0 Å². The van der Waals surface area contributed by atoms with Crippen molar-refractivity contribution in [1.29, 1.82) is 0 Å². The first kappa shape index (κ1) is 16.3. The van der Waals surface area contributed by atoms with E-state index in [2.05, 4.69) is 26.4 Å². The van der Waals surface area contributed by atoms with Crippen LogP contribution in [0.25, 0.3) is 0 Å². The summed E-state index contributed by atoms with van der Waals surface area (Å²) in [6.45, 7) is 2.79. The number of carbonyl (C=O) groups is 1. The van der Waals surface area contributed by atoms with E-state index in [1.807, 2.05) is 6.92 Å². The van der Waals surface area contributed by atoms with Crippen LogP contribution in [0.1, 0.15) is 42.4 Å². The summed E-state index contributed by atoms with van der Waals surface area (Å²) < 4.78 is 15.4. The number of halogens is 1. The van der Waals surface area contributed by atoms with Crippen LogP contribution in [-0.4, -0.2) is 27.5 Å². The highest BCUT2D eigenvalue weighted by atomic mass is 19.1. The van der Waals surface area contributed by atoms with Crippen LogP contribution in [0.3, 0.4) is 0 Å². The first-order valence-electron chi connectivity index (χ1n) is 8.93. The molecule has 1 aliphatic heterocycles. The highest BCUT2D eigenvalue weighted by Gasteiger charge is 2.31. The second-order valence-electron chi connectivity index (χ2n) is 7.12. The lowest BCUT2D eigenvalue weighted by Gasteiger charge is -2.29. The minimum atomic E-state index is -0.461. The van der Waals surface area contributed by atoms with Gasteiger partial charge in [-0.15, -0.1) is 0 Å². The van der Waals surface area contributed by atoms with Gasteiger partial charge in [0.25, 0.3) is 0 Å². The van der Waals surface area contributed by atoms with Crippen LogP contribution >= 0.6 is 0 Å². The molecule has 2 aliphatic rings. The molecule has 1 fully saturated rings. The maximum atomic E-state index is 13.3. The standard InChI is InChI=1S/C19H23FN4O/c1-12-10-24-11-16(8-9-17(24)21-12)22-18(19(25)23-15-6-7-15)13-2-4-14(20)5-3-13/h2-5,10,15-16,18,22H,6-9,11H2,1H3,(H,23,25)/t16-,18+/m0/s1. The third-order valence-corrected chi connectivity index (χ3v) is 4.90. The summed E-state index contributed by atoms with van der Waals surface area (Å²) in [6.07, 6.45) is 5.98. The van der Waals surface area contributed by atoms with Crippen molar-refractivity contribution in [2.75, 3.05) is 0 Å². The van der Waals surface area contributed by atoms with E-state index >= 15 is 0 Å². The van der Waals surface area contributed by atoms with Crippen molar-refractivity contribution >= 4 is 5.91 Å². The Kier molecular flexibility index (Phi) is 4.29. The summed E-state index contributed by atoms with van der Waals surface area (Å²) in [4.78, 5) is 17.2. The van der Waals surface area contributed by atoms with Crippen LogP contribution < -0.4 is 10.6 Å². The molecule has 1 saturated carbocycles. The fourth-order valence-electron chi connectivity index (χ4n) is 3.45. The van der Waals surface area contributed by atoms with E-state index in [0.717, 1.165) is 49.3 Å². The monoisotopic (exact) mass is 342 g/mol. The minimum Gasteiger partial charge on any atom is -0.352 e. The zero-order valence-electron chi connectivity index (χ0n) is 14.3. The van der Waals surface area contributed by atoms with Gasteiger partial charge in [-0.05, 0) is 43.9 Å². The third kappa shape index (κ3) is 3.74. The average molecular weight is 342 g/mol. The predicted octanol–water partition coefficient (Wildman–Crippen LogP) is 2.25. The van der Waals surface area contributed by atoms with Gasteiger partial charge >= 0.3 is 0 Å². The molecule has 25 heavy (non-hydrogen) atoms. The zero-order chi connectivity index (χ0) is 17.4. The summed E-state index contributed by atoms with van der Waals surface area (Å²) >= 11 is 0. The number of aryl methyl sites for hydroxylation is 2. The van der Waals surface area contributed by atoms with Crippen LogP contribution in [0, 0.1) is 12.7 Å². The normalized spacial score (nSPS) is 20.8. The molecule has 2 atom stereocenters. The molecule has 5 nitrogen and oxygen atoms in total. The van der Waals surface area contributed by atoms with Crippen LogP contribution in [-0.2, 0) is 17.8 Å². The van der Waals surface area contributed by atoms with Crippen LogP contribution in [0.2, 0.25) is 0 Å². The van der Waals surface area contributed by atoms with Crippen molar-refractivity contribution < 1.29 is 9.18 Å². The number of fused-ring (bicyclic) bond motifs is 1. The van der Waals surface area contributed by atoms with E-state index in [1.165, 1.54) is 12.1 Å². The molecule has 2 N–H and O–H groups in total. The Morgan fingerprint density at radius 3 is 2.72 bits per heavy atom. The maximum Gasteiger partial charge on any atom is 0.241 e. The second kappa shape index (κ2) is 6.59. The predicted molar refractivity (Wildman–Crippen MR) is 92.5 cm³/mol. The number of hydrogen-bond donors (Lipinski definition) is 2. The van der Waals surface area contributed by atoms with Gasteiger partial charge in [-0.1, -0.05) is 12.1 Å². The van der Waals surface area contributed by atoms with Gasteiger partial charge in [0.1, 0.15) is 17.7 Å². The van der Waals surface area contributed by atoms with Crippen molar-refractivity contribution in [3.63, 3.8) is 0 Å². The Morgan fingerprint density at radius 2 is 2.00 bits per heavy atom. The number of hydrogen-bond acceptors (Lipinski definition) is 3. The molecule has 1 amide bonds. The summed E-state index contributed by atoms with van der Waals surface area (Å²) in [6, 6.07) is 6.22. The van der Waals surface area contributed by atoms with Crippen molar-refractivity contribution in [1.82, 2.24) is 20.2 Å². The van der Waals surface area contributed by atoms with Crippen LogP contribution in [0.5, 0.6) is 0 Å². The molecule has 0 saturated heterocycles. The molecule has 2 heterocycles.